The Morgan fingerprint density at radius 1 is 1.63 bits per heavy atom. The van der Waals surface area contributed by atoms with Gasteiger partial charge in [-0.05, 0) is 26.1 Å². The fourth-order valence-corrected chi connectivity index (χ4v) is 1.57. The van der Waals surface area contributed by atoms with Crippen molar-refractivity contribution in [3.05, 3.63) is 32.8 Å². The highest BCUT2D eigenvalue weighted by Gasteiger charge is 2.33. The standard InChI is InChI=1S/C11H13BrN2O5/c1-11(13-2,10(15)16)6-19-9-4-3-7(12)5-8(9)14(17)18/h3-5,13H,6H2,1-2H3,(H,15,16). The lowest BCUT2D eigenvalue weighted by atomic mass is 10.1. The number of nitrogens with zero attached hydrogens (tertiary/aromatic N) is 1. The van der Waals surface area contributed by atoms with Gasteiger partial charge in [-0.25, -0.2) is 0 Å². The van der Waals surface area contributed by atoms with Crippen LogP contribution in [0.5, 0.6) is 5.75 Å². The van der Waals surface area contributed by atoms with E-state index in [0.29, 0.717) is 4.47 Å². The Labute approximate surface area is 117 Å². The lowest BCUT2D eigenvalue weighted by molar-refractivity contribution is -0.386. The van der Waals surface area contributed by atoms with Crippen molar-refractivity contribution in [1.29, 1.82) is 0 Å². The largest absolute Gasteiger partial charge is 0.484 e. The van der Waals surface area contributed by atoms with Crippen molar-refractivity contribution in [3.63, 3.8) is 0 Å². The van der Waals surface area contributed by atoms with E-state index in [1.165, 1.54) is 26.1 Å². The summed E-state index contributed by atoms with van der Waals surface area (Å²) < 4.78 is 5.81. The molecule has 1 atom stereocenters. The molecule has 1 rings (SSSR count). The van der Waals surface area contributed by atoms with Gasteiger partial charge in [-0.2, -0.15) is 0 Å². The van der Waals surface area contributed by atoms with Crippen molar-refractivity contribution in [2.24, 2.45) is 0 Å². The van der Waals surface area contributed by atoms with E-state index in [1.54, 1.807) is 6.07 Å². The minimum absolute atomic E-state index is 0.0240. The molecule has 0 amide bonds. The third-order valence-electron chi connectivity index (χ3n) is 2.66. The number of carbonyl (C=O) groups is 1. The summed E-state index contributed by atoms with van der Waals surface area (Å²) in [6.45, 7) is 1.20. The van der Waals surface area contributed by atoms with Crippen LogP contribution >= 0.6 is 15.9 Å². The van der Waals surface area contributed by atoms with Gasteiger partial charge in [-0.1, -0.05) is 15.9 Å². The molecular weight excluding hydrogens is 320 g/mol. The van der Waals surface area contributed by atoms with Gasteiger partial charge in [0.15, 0.2) is 5.75 Å². The summed E-state index contributed by atoms with van der Waals surface area (Å²) in [6, 6.07) is 4.30. The molecular formula is C11H13BrN2O5. The number of ether oxygens (including phenoxy) is 1. The van der Waals surface area contributed by atoms with E-state index in [-0.39, 0.29) is 18.0 Å². The average molecular weight is 333 g/mol. The fraction of sp³-hybridized carbons (Fsp3) is 0.364. The molecule has 104 valence electrons. The highest BCUT2D eigenvalue weighted by atomic mass is 79.9. The van der Waals surface area contributed by atoms with Crippen LogP contribution < -0.4 is 10.1 Å². The molecule has 8 heteroatoms. The zero-order valence-electron chi connectivity index (χ0n) is 10.3. The third kappa shape index (κ3) is 3.65. The maximum Gasteiger partial charge on any atom is 0.327 e. The smallest absolute Gasteiger partial charge is 0.327 e. The second-order valence-electron chi connectivity index (χ2n) is 4.05. The molecule has 0 aliphatic carbocycles. The van der Waals surface area contributed by atoms with E-state index in [4.69, 9.17) is 9.84 Å². The minimum atomic E-state index is -1.32. The summed E-state index contributed by atoms with van der Waals surface area (Å²) in [6.07, 6.45) is 0. The van der Waals surface area contributed by atoms with E-state index >= 15 is 0 Å². The fourth-order valence-electron chi connectivity index (χ4n) is 1.22. The first kappa shape index (κ1) is 15.4. The van der Waals surface area contributed by atoms with Crippen LogP contribution in [0, 0.1) is 10.1 Å². The number of halogens is 1. The molecule has 1 unspecified atom stereocenters. The molecule has 1 aromatic rings. The molecule has 19 heavy (non-hydrogen) atoms. The van der Waals surface area contributed by atoms with Gasteiger partial charge < -0.3 is 15.2 Å². The number of hydrogen-bond acceptors (Lipinski definition) is 5. The van der Waals surface area contributed by atoms with Crippen LogP contribution in [-0.4, -0.2) is 35.2 Å². The number of rotatable bonds is 6. The number of hydrogen-bond donors (Lipinski definition) is 2. The Morgan fingerprint density at radius 2 is 2.26 bits per heavy atom. The SMILES string of the molecule is CNC(C)(COc1ccc(Br)cc1[N+](=O)[O-])C(=O)O. The maximum absolute atomic E-state index is 11.1. The van der Waals surface area contributed by atoms with Crippen LogP contribution in [0.15, 0.2) is 22.7 Å². The zero-order valence-corrected chi connectivity index (χ0v) is 11.9. The summed E-state index contributed by atoms with van der Waals surface area (Å²) in [5.74, 6) is -1.08. The lowest BCUT2D eigenvalue weighted by Gasteiger charge is -2.23. The van der Waals surface area contributed by atoms with Gasteiger partial charge in [0.1, 0.15) is 12.1 Å². The number of nitrogens with one attached hydrogen (secondary N) is 1. The summed E-state index contributed by atoms with van der Waals surface area (Å²) in [5, 5.41) is 22.5. The van der Waals surface area contributed by atoms with Gasteiger partial charge in [0, 0.05) is 10.5 Å². The van der Waals surface area contributed by atoms with Crippen LogP contribution in [0.3, 0.4) is 0 Å². The van der Waals surface area contributed by atoms with Gasteiger partial charge >= 0.3 is 11.7 Å². The Hall–Kier alpha value is -1.67. The molecule has 0 saturated heterocycles. The van der Waals surface area contributed by atoms with Gasteiger partial charge in [-0.3, -0.25) is 14.9 Å². The highest BCUT2D eigenvalue weighted by molar-refractivity contribution is 9.10. The van der Waals surface area contributed by atoms with Crippen molar-refractivity contribution in [2.75, 3.05) is 13.7 Å². The number of nitro benzene ring substituents is 1. The van der Waals surface area contributed by atoms with Crippen LogP contribution in [0.4, 0.5) is 5.69 Å². The number of carboxylic acids is 1. The van der Waals surface area contributed by atoms with Gasteiger partial charge in [0.2, 0.25) is 0 Å². The summed E-state index contributed by atoms with van der Waals surface area (Å²) in [7, 11) is 1.48. The van der Waals surface area contributed by atoms with Crippen LogP contribution in [0.1, 0.15) is 6.92 Å². The molecule has 0 fully saturated rings. The van der Waals surface area contributed by atoms with Crippen LogP contribution in [0.2, 0.25) is 0 Å². The molecule has 0 aliphatic rings. The zero-order chi connectivity index (χ0) is 14.6. The first-order chi connectivity index (χ1) is 8.80. The topological polar surface area (TPSA) is 102 Å². The van der Waals surface area contributed by atoms with Crippen molar-refractivity contribution in [3.8, 4) is 5.75 Å². The number of benzene rings is 1. The number of carboxylic acid groups (broad SMARTS) is 1. The number of aliphatic carboxylic acids is 1. The van der Waals surface area contributed by atoms with Crippen molar-refractivity contribution < 1.29 is 19.6 Å². The first-order valence-corrected chi connectivity index (χ1v) is 6.08. The maximum atomic E-state index is 11.1. The van der Waals surface area contributed by atoms with E-state index in [9.17, 15) is 14.9 Å². The molecule has 1 aromatic carbocycles. The van der Waals surface area contributed by atoms with Crippen LogP contribution in [-0.2, 0) is 4.79 Å². The van der Waals surface area contributed by atoms with Crippen molar-refractivity contribution in [1.82, 2.24) is 5.32 Å². The predicted molar refractivity (Wildman–Crippen MR) is 71.4 cm³/mol. The van der Waals surface area contributed by atoms with Crippen molar-refractivity contribution >= 4 is 27.6 Å². The number of likely N-dealkylation sites (N-methyl/N-ethyl adjacent to an activating group) is 1. The monoisotopic (exact) mass is 332 g/mol. The Morgan fingerprint density at radius 3 is 2.74 bits per heavy atom. The first-order valence-electron chi connectivity index (χ1n) is 5.29. The minimum Gasteiger partial charge on any atom is -0.484 e. The molecule has 0 heterocycles. The molecule has 0 bridgehead atoms. The molecule has 7 nitrogen and oxygen atoms in total. The van der Waals surface area contributed by atoms with E-state index < -0.39 is 16.4 Å². The van der Waals surface area contributed by atoms with Crippen molar-refractivity contribution in [2.45, 2.75) is 12.5 Å². The van der Waals surface area contributed by atoms with Crippen LogP contribution in [0.25, 0.3) is 0 Å². The summed E-state index contributed by atoms with van der Waals surface area (Å²) >= 11 is 3.13. The number of nitro groups is 1. The molecule has 2 N–H and O–H groups in total. The normalized spacial score (nSPS) is 13.6. The summed E-state index contributed by atoms with van der Waals surface area (Å²) in [5.41, 5.74) is -1.54. The molecule has 0 aliphatic heterocycles. The Balaban J connectivity index is 2.95. The Kier molecular flexibility index (Phi) is 4.84. The molecule has 0 spiro atoms. The van der Waals surface area contributed by atoms with E-state index in [2.05, 4.69) is 21.2 Å². The molecule has 0 aromatic heterocycles. The molecule has 0 radical (unpaired) electrons. The second-order valence-corrected chi connectivity index (χ2v) is 4.96. The predicted octanol–water partition coefficient (Wildman–Crippen LogP) is 1.80. The van der Waals surface area contributed by atoms with E-state index in [0.717, 1.165) is 0 Å². The highest BCUT2D eigenvalue weighted by Crippen LogP contribution is 2.30. The second kappa shape index (κ2) is 5.98. The van der Waals surface area contributed by atoms with Gasteiger partial charge in [0.05, 0.1) is 4.92 Å². The van der Waals surface area contributed by atoms with E-state index in [1.807, 2.05) is 0 Å². The third-order valence-corrected chi connectivity index (χ3v) is 3.15. The summed E-state index contributed by atoms with van der Waals surface area (Å²) in [4.78, 5) is 21.4. The van der Waals surface area contributed by atoms with Gasteiger partial charge in [0.25, 0.3) is 0 Å². The molecule has 0 saturated carbocycles. The van der Waals surface area contributed by atoms with Gasteiger partial charge in [-0.15, -0.1) is 0 Å². The lowest BCUT2D eigenvalue weighted by Crippen LogP contribution is -2.52. The average Bonchev–Trinajstić information content (AvgIpc) is 2.36. The Bertz CT molecular complexity index is 508. The quantitative estimate of drug-likeness (QED) is 0.608.